The van der Waals surface area contributed by atoms with E-state index in [-0.39, 0.29) is 0 Å². The van der Waals surface area contributed by atoms with E-state index in [1.165, 1.54) is 4.68 Å². The Labute approximate surface area is 136 Å². The molecule has 110 valence electrons. The van der Waals surface area contributed by atoms with E-state index >= 15 is 0 Å². The van der Waals surface area contributed by atoms with Gasteiger partial charge in [-0.1, -0.05) is 23.7 Å². The summed E-state index contributed by atoms with van der Waals surface area (Å²) in [4.78, 5) is 0. The SMILES string of the molecule is S=c1[nH]nc(-c2cccc(Cl)c2)n1/N=C\C=C\c1ccco1. The van der Waals surface area contributed by atoms with Crippen molar-refractivity contribution < 1.29 is 4.42 Å². The molecular weight excluding hydrogens is 320 g/mol. The standard InChI is InChI=1S/C15H11ClN4OS/c16-12-5-1-4-11(10-12)14-18-19-15(22)20(14)17-8-2-6-13-7-3-9-21-13/h1-10H,(H,19,22)/b6-2+,17-8-. The van der Waals surface area contributed by atoms with E-state index in [0.29, 0.717) is 15.6 Å². The molecule has 0 radical (unpaired) electrons. The molecule has 0 aliphatic heterocycles. The maximum absolute atomic E-state index is 6.00. The molecule has 2 heterocycles. The number of furan rings is 1. The average molecular weight is 331 g/mol. The van der Waals surface area contributed by atoms with Gasteiger partial charge < -0.3 is 4.42 Å². The van der Waals surface area contributed by atoms with Gasteiger partial charge in [-0.05, 0) is 48.6 Å². The number of rotatable bonds is 4. The number of hydrogen-bond acceptors (Lipinski definition) is 4. The summed E-state index contributed by atoms with van der Waals surface area (Å²) in [6, 6.07) is 11.0. The second-order valence-corrected chi connectivity index (χ2v) is 5.14. The molecule has 0 amide bonds. The first-order valence-electron chi connectivity index (χ1n) is 6.42. The van der Waals surface area contributed by atoms with Gasteiger partial charge in [0.2, 0.25) is 4.77 Å². The summed E-state index contributed by atoms with van der Waals surface area (Å²) in [6.07, 6.45) is 6.78. The molecule has 1 N–H and O–H groups in total. The lowest BCUT2D eigenvalue weighted by molar-refractivity contribution is 0.557. The summed E-state index contributed by atoms with van der Waals surface area (Å²) in [5, 5.41) is 11.8. The van der Waals surface area contributed by atoms with Crippen molar-refractivity contribution in [3.05, 3.63) is 64.3 Å². The molecule has 5 nitrogen and oxygen atoms in total. The zero-order chi connectivity index (χ0) is 15.4. The number of benzene rings is 1. The van der Waals surface area contributed by atoms with Crippen LogP contribution in [0.4, 0.5) is 0 Å². The fraction of sp³-hybridized carbons (Fsp3) is 0. The first-order chi connectivity index (χ1) is 10.7. The molecule has 0 spiro atoms. The number of nitrogens with one attached hydrogen (secondary N) is 1. The van der Waals surface area contributed by atoms with E-state index in [1.54, 1.807) is 36.8 Å². The van der Waals surface area contributed by atoms with Crippen molar-refractivity contribution >= 4 is 36.1 Å². The molecular formula is C15H11ClN4OS. The lowest BCUT2D eigenvalue weighted by atomic mass is 10.2. The third-order valence-corrected chi connectivity index (χ3v) is 3.30. The van der Waals surface area contributed by atoms with E-state index in [9.17, 15) is 0 Å². The molecule has 3 aromatic rings. The molecule has 0 bridgehead atoms. The Morgan fingerprint density at radius 2 is 2.23 bits per heavy atom. The van der Waals surface area contributed by atoms with Gasteiger partial charge in [0.1, 0.15) is 5.76 Å². The Hall–Kier alpha value is -2.44. The Morgan fingerprint density at radius 3 is 3.00 bits per heavy atom. The van der Waals surface area contributed by atoms with Crippen LogP contribution in [0.3, 0.4) is 0 Å². The summed E-state index contributed by atoms with van der Waals surface area (Å²) in [6.45, 7) is 0. The van der Waals surface area contributed by atoms with Crippen molar-refractivity contribution in [3.8, 4) is 11.4 Å². The molecule has 0 fully saturated rings. The van der Waals surface area contributed by atoms with Gasteiger partial charge in [-0.25, -0.2) is 5.10 Å². The van der Waals surface area contributed by atoms with Gasteiger partial charge in [-0.15, -0.1) is 0 Å². The molecule has 0 atom stereocenters. The normalized spacial score (nSPS) is 11.7. The minimum absolute atomic E-state index is 0.401. The maximum atomic E-state index is 6.00. The molecule has 0 saturated heterocycles. The van der Waals surface area contributed by atoms with Gasteiger partial charge in [0.25, 0.3) is 0 Å². The molecule has 0 aliphatic rings. The van der Waals surface area contributed by atoms with E-state index in [1.807, 2.05) is 24.3 Å². The summed E-state index contributed by atoms with van der Waals surface area (Å²) in [5.74, 6) is 1.34. The quantitative estimate of drug-likeness (QED) is 0.569. The van der Waals surface area contributed by atoms with E-state index in [4.69, 9.17) is 28.2 Å². The molecule has 3 rings (SSSR count). The number of nitrogens with zero attached hydrogens (tertiary/aromatic N) is 3. The highest BCUT2D eigenvalue weighted by Crippen LogP contribution is 2.20. The van der Waals surface area contributed by atoms with Crippen LogP contribution in [0.25, 0.3) is 17.5 Å². The van der Waals surface area contributed by atoms with Crippen molar-refractivity contribution in [2.75, 3.05) is 0 Å². The largest absolute Gasteiger partial charge is 0.465 e. The Bertz CT molecular complexity index is 877. The number of aromatic nitrogens is 3. The van der Waals surface area contributed by atoms with Gasteiger partial charge in [0, 0.05) is 16.8 Å². The van der Waals surface area contributed by atoms with Crippen LogP contribution in [0.15, 0.2) is 58.3 Å². The Kier molecular flexibility index (Phi) is 4.32. The third-order valence-electron chi connectivity index (χ3n) is 2.81. The smallest absolute Gasteiger partial charge is 0.216 e. The number of aromatic amines is 1. The van der Waals surface area contributed by atoms with Crippen molar-refractivity contribution in [1.82, 2.24) is 14.9 Å². The molecule has 22 heavy (non-hydrogen) atoms. The minimum atomic E-state index is 0.401. The highest BCUT2D eigenvalue weighted by Gasteiger charge is 2.07. The van der Waals surface area contributed by atoms with Crippen LogP contribution in [-0.2, 0) is 0 Å². The molecule has 2 aromatic heterocycles. The first-order valence-corrected chi connectivity index (χ1v) is 7.20. The highest BCUT2D eigenvalue weighted by atomic mass is 35.5. The first kappa shape index (κ1) is 14.5. The highest BCUT2D eigenvalue weighted by molar-refractivity contribution is 7.71. The summed E-state index contributed by atoms with van der Waals surface area (Å²) in [7, 11) is 0. The Balaban J connectivity index is 1.88. The number of halogens is 1. The zero-order valence-corrected chi connectivity index (χ0v) is 12.9. The van der Waals surface area contributed by atoms with Crippen LogP contribution in [-0.4, -0.2) is 21.1 Å². The van der Waals surface area contributed by atoms with Gasteiger partial charge in [-0.2, -0.15) is 14.9 Å². The van der Waals surface area contributed by atoms with E-state index < -0.39 is 0 Å². The van der Waals surface area contributed by atoms with Crippen molar-refractivity contribution in [2.24, 2.45) is 5.10 Å². The fourth-order valence-electron chi connectivity index (χ4n) is 1.84. The molecule has 0 saturated carbocycles. The van der Waals surface area contributed by atoms with Crippen LogP contribution in [0, 0.1) is 4.77 Å². The van der Waals surface area contributed by atoms with Crippen LogP contribution >= 0.6 is 23.8 Å². The lowest BCUT2D eigenvalue weighted by Gasteiger charge is -2.00. The molecule has 1 aromatic carbocycles. The second-order valence-electron chi connectivity index (χ2n) is 4.31. The second kappa shape index (κ2) is 6.55. The number of H-pyrrole nitrogens is 1. The van der Waals surface area contributed by atoms with Gasteiger partial charge in [0.15, 0.2) is 5.82 Å². The molecule has 7 heteroatoms. The fourth-order valence-corrected chi connectivity index (χ4v) is 2.21. The number of allylic oxidation sites excluding steroid dienone is 1. The van der Waals surface area contributed by atoms with E-state index in [2.05, 4.69) is 15.3 Å². The van der Waals surface area contributed by atoms with Crippen LogP contribution in [0.1, 0.15) is 5.76 Å². The minimum Gasteiger partial charge on any atom is -0.465 e. The molecule has 0 unspecified atom stereocenters. The molecule has 0 aliphatic carbocycles. The maximum Gasteiger partial charge on any atom is 0.216 e. The van der Waals surface area contributed by atoms with Crippen LogP contribution in [0.5, 0.6) is 0 Å². The van der Waals surface area contributed by atoms with Gasteiger partial charge in [0.05, 0.1) is 6.26 Å². The lowest BCUT2D eigenvalue weighted by Crippen LogP contribution is -1.93. The monoisotopic (exact) mass is 330 g/mol. The van der Waals surface area contributed by atoms with Crippen LogP contribution < -0.4 is 0 Å². The van der Waals surface area contributed by atoms with Crippen LogP contribution in [0.2, 0.25) is 5.02 Å². The van der Waals surface area contributed by atoms with Crippen molar-refractivity contribution in [3.63, 3.8) is 0 Å². The third kappa shape index (κ3) is 3.24. The van der Waals surface area contributed by atoms with Gasteiger partial charge >= 0.3 is 0 Å². The summed E-state index contributed by atoms with van der Waals surface area (Å²) < 4.78 is 7.13. The zero-order valence-electron chi connectivity index (χ0n) is 11.3. The predicted molar refractivity (Wildman–Crippen MR) is 89.5 cm³/mol. The predicted octanol–water partition coefficient (Wildman–Crippen LogP) is 4.40. The van der Waals surface area contributed by atoms with Crippen molar-refractivity contribution in [2.45, 2.75) is 0 Å². The summed E-state index contributed by atoms with van der Waals surface area (Å²) in [5.41, 5.74) is 0.826. The Morgan fingerprint density at radius 1 is 1.32 bits per heavy atom. The summed E-state index contributed by atoms with van der Waals surface area (Å²) >= 11 is 11.2. The number of hydrogen-bond donors (Lipinski definition) is 1. The van der Waals surface area contributed by atoms with Gasteiger partial charge in [-0.3, -0.25) is 0 Å². The topological polar surface area (TPSA) is 59.1 Å². The van der Waals surface area contributed by atoms with E-state index in [0.717, 1.165) is 11.3 Å². The average Bonchev–Trinajstić information content (AvgIpc) is 3.14. The van der Waals surface area contributed by atoms with Crippen molar-refractivity contribution in [1.29, 1.82) is 0 Å².